The lowest BCUT2D eigenvalue weighted by Crippen LogP contribution is -2.40. The molecule has 1 fully saturated rings. The van der Waals surface area contributed by atoms with Gasteiger partial charge in [0.05, 0.1) is 18.6 Å². The van der Waals surface area contributed by atoms with Crippen LogP contribution < -0.4 is 10.6 Å². The third-order valence-electron chi connectivity index (χ3n) is 4.87. The van der Waals surface area contributed by atoms with Gasteiger partial charge in [0.25, 0.3) is 0 Å². The van der Waals surface area contributed by atoms with Crippen LogP contribution in [0.1, 0.15) is 49.6 Å². The van der Waals surface area contributed by atoms with E-state index < -0.39 is 6.10 Å². The van der Waals surface area contributed by atoms with Gasteiger partial charge in [-0.25, -0.2) is 0 Å². The van der Waals surface area contributed by atoms with Gasteiger partial charge in [-0.2, -0.15) is 0 Å². The van der Waals surface area contributed by atoms with Gasteiger partial charge in [0, 0.05) is 37.1 Å². The van der Waals surface area contributed by atoms with Crippen LogP contribution in [0, 0.1) is 19.8 Å². The van der Waals surface area contributed by atoms with Crippen molar-refractivity contribution in [2.45, 2.75) is 65.0 Å². The van der Waals surface area contributed by atoms with E-state index >= 15 is 0 Å². The van der Waals surface area contributed by atoms with Gasteiger partial charge < -0.3 is 20.5 Å². The summed E-state index contributed by atoms with van der Waals surface area (Å²) >= 11 is 0. The number of nitrogens with one attached hydrogen (secondary N) is 2. The zero-order valence-electron chi connectivity index (χ0n) is 17.2. The van der Waals surface area contributed by atoms with Crippen LogP contribution in [0.3, 0.4) is 0 Å². The van der Waals surface area contributed by atoms with Crippen molar-refractivity contribution >= 4 is 11.8 Å². The van der Waals surface area contributed by atoms with Gasteiger partial charge in [-0.05, 0) is 57.2 Å². The predicted octanol–water partition coefficient (Wildman–Crippen LogP) is 1.43. The summed E-state index contributed by atoms with van der Waals surface area (Å²) in [5.41, 5.74) is 2.65. The second-order valence-corrected chi connectivity index (χ2v) is 7.60. The Morgan fingerprint density at radius 3 is 2.61 bits per heavy atom. The summed E-state index contributed by atoms with van der Waals surface area (Å²) in [4.78, 5) is 29.0. The Hall–Kier alpha value is -1.99. The van der Waals surface area contributed by atoms with Crippen LogP contribution in [0.15, 0.2) is 12.1 Å². The van der Waals surface area contributed by atoms with E-state index in [0.717, 1.165) is 36.4 Å². The molecule has 1 aromatic rings. The van der Waals surface area contributed by atoms with E-state index in [9.17, 15) is 14.7 Å². The van der Waals surface area contributed by atoms with Gasteiger partial charge in [-0.3, -0.25) is 14.6 Å². The highest BCUT2D eigenvalue weighted by Gasteiger charge is 2.37. The largest absolute Gasteiger partial charge is 0.391 e. The van der Waals surface area contributed by atoms with E-state index in [1.165, 1.54) is 0 Å². The Balaban J connectivity index is 1.74. The fourth-order valence-electron chi connectivity index (χ4n) is 3.63. The summed E-state index contributed by atoms with van der Waals surface area (Å²) in [6, 6.07) is 3.39. The number of aryl methyl sites for hydroxylation is 2. The average molecular weight is 392 g/mol. The number of ether oxygens (including phenoxy) is 1. The quantitative estimate of drug-likeness (QED) is 0.524. The van der Waals surface area contributed by atoms with Crippen LogP contribution in [-0.4, -0.2) is 53.8 Å². The van der Waals surface area contributed by atoms with E-state index in [0.29, 0.717) is 26.0 Å². The first-order valence-electron chi connectivity index (χ1n) is 10.2. The average Bonchev–Trinajstić information content (AvgIpc) is 2.97. The Labute approximate surface area is 167 Å². The standard InChI is InChI=1S/C21H33N3O4/c1-4-7-28-8-5-6-22-21(27)17-12-18(19(25)13-17)24-20(26)11-16-9-14(2)23-15(3)10-16/h9-10,17-19,25H,4-8,11-13H2,1-3H3,(H,22,27)(H,24,26)/t17-,18-,19-/m0/s1. The molecule has 0 spiro atoms. The summed E-state index contributed by atoms with van der Waals surface area (Å²) in [5, 5.41) is 16.0. The highest BCUT2D eigenvalue weighted by Crippen LogP contribution is 2.26. The molecule has 0 bridgehead atoms. The summed E-state index contributed by atoms with van der Waals surface area (Å²) in [6.07, 6.45) is 2.12. The molecule has 0 aromatic carbocycles. The molecule has 1 aromatic heterocycles. The normalized spacial score (nSPS) is 21.5. The van der Waals surface area contributed by atoms with E-state index in [1.54, 1.807) is 0 Å². The van der Waals surface area contributed by atoms with Gasteiger partial charge in [-0.1, -0.05) is 6.92 Å². The minimum Gasteiger partial charge on any atom is -0.391 e. The van der Waals surface area contributed by atoms with Gasteiger partial charge in [0.2, 0.25) is 11.8 Å². The van der Waals surface area contributed by atoms with E-state index in [4.69, 9.17) is 4.74 Å². The maximum absolute atomic E-state index is 12.4. The molecule has 2 rings (SSSR count). The molecule has 1 aliphatic rings. The van der Waals surface area contributed by atoms with Crippen molar-refractivity contribution in [1.82, 2.24) is 15.6 Å². The van der Waals surface area contributed by atoms with Crippen molar-refractivity contribution in [2.75, 3.05) is 19.8 Å². The maximum Gasteiger partial charge on any atom is 0.224 e. The van der Waals surface area contributed by atoms with E-state index in [1.807, 2.05) is 26.0 Å². The molecule has 1 saturated carbocycles. The third kappa shape index (κ3) is 7.20. The molecule has 2 amide bonds. The number of carbonyl (C=O) groups is 2. The molecule has 7 nitrogen and oxygen atoms in total. The fourth-order valence-corrected chi connectivity index (χ4v) is 3.63. The molecule has 0 unspecified atom stereocenters. The zero-order valence-corrected chi connectivity index (χ0v) is 17.2. The van der Waals surface area contributed by atoms with Crippen molar-refractivity contribution in [3.05, 3.63) is 29.1 Å². The monoisotopic (exact) mass is 391 g/mol. The molecular weight excluding hydrogens is 358 g/mol. The lowest BCUT2D eigenvalue weighted by Gasteiger charge is -2.16. The minimum atomic E-state index is -0.700. The van der Waals surface area contributed by atoms with Crippen molar-refractivity contribution in [2.24, 2.45) is 5.92 Å². The predicted molar refractivity (Wildman–Crippen MR) is 107 cm³/mol. The molecule has 3 atom stereocenters. The first-order valence-corrected chi connectivity index (χ1v) is 10.2. The number of amides is 2. The molecule has 1 heterocycles. The summed E-state index contributed by atoms with van der Waals surface area (Å²) < 4.78 is 5.39. The lowest BCUT2D eigenvalue weighted by atomic mass is 10.1. The number of rotatable bonds is 10. The van der Waals surface area contributed by atoms with Crippen LogP contribution in [-0.2, 0) is 20.7 Å². The molecule has 0 aliphatic heterocycles. The number of aromatic nitrogens is 1. The van der Waals surface area contributed by atoms with Crippen molar-refractivity contribution in [3.8, 4) is 0 Å². The molecule has 3 N–H and O–H groups in total. The third-order valence-corrected chi connectivity index (χ3v) is 4.87. The molecule has 1 aliphatic carbocycles. The highest BCUT2D eigenvalue weighted by molar-refractivity contribution is 5.81. The smallest absolute Gasteiger partial charge is 0.224 e. The second kappa shape index (κ2) is 11.1. The topological polar surface area (TPSA) is 101 Å². The van der Waals surface area contributed by atoms with Crippen molar-refractivity contribution < 1.29 is 19.4 Å². The van der Waals surface area contributed by atoms with E-state index in [2.05, 4.69) is 22.5 Å². The maximum atomic E-state index is 12.4. The molecule has 7 heteroatoms. The number of nitrogens with zero attached hydrogens (tertiary/aromatic N) is 1. The zero-order chi connectivity index (χ0) is 20.5. The van der Waals surface area contributed by atoms with Crippen LogP contribution in [0.2, 0.25) is 0 Å². The van der Waals surface area contributed by atoms with Gasteiger partial charge >= 0.3 is 0 Å². The number of aliphatic hydroxyl groups excluding tert-OH is 1. The van der Waals surface area contributed by atoms with Crippen LogP contribution in [0.4, 0.5) is 0 Å². The van der Waals surface area contributed by atoms with Gasteiger partial charge in [0.1, 0.15) is 0 Å². The number of hydrogen-bond acceptors (Lipinski definition) is 5. The Morgan fingerprint density at radius 2 is 1.93 bits per heavy atom. The molecular formula is C21H33N3O4. The lowest BCUT2D eigenvalue weighted by molar-refractivity contribution is -0.125. The number of aliphatic hydroxyl groups is 1. The Kier molecular flexibility index (Phi) is 8.86. The van der Waals surface area contributed by atoms with Gasteiger partial charge in [0.15, 0.2) is 0 Å². The highest BCUT2D eigenvalue weighted by atomic mass is 16.5. The minimum absolute atomic E-state index is 0.0633. The van der Waals surface area contributed by atoms with Crippen LogP contribution in [0.5, 0.6) is 0 Å². The van der Waals surface area contributed by atoms with Crippen molar-refractivity contribution in [1.29, 1.82) is 0 Å². The summed E-state index contributed by atoms with van der Waals surface area (Å²) in [7, 11) is 0. The molecule has 28 heavy (non-hydrogen) atoms. The Bertz CT molecular complexity index is 645. The molecule has 156 valence electrons. The van der Waals surface area contributed by atoms with Crippen LogP contribution in [0.25, 0.3) is 0 Å². The number of carbonyl (C=O) groups excluding carboxylic acids is 2. The fraction of sp³-hybridized carbons (Fsp3) is 0.667. The number of hydrogen-bond donors (Lipinski definition) is 3. The first-order chi connectivity index (χ1) is 13.4. The first kappa shape index (κ1) is 22.3. The SMILES string of the molecule is CCCOCCCNC(=O)[C@H]1C[C@H](NC(=O)Cc2cc(C)nc(C)c2)[C@@H](O)C1. The summed E-state index contributed by atoms with van der Waals surface area (Å²) in [5.74, 6) is -0.489. The van der Waals surface area contributed by atoms with Crippen LogP contribution >= 0.6 is 0 Å². The molecule has 0 saturated heterocycles. The second-order valence-electron chi connectivity index (χ2n) is 7.60. The summed E-state index contributed by atoms with van der Waals surface area (Å²) in [6.45, 7) is 7.79. The molecule has 0 radical (unpaired) electrons. The van der Waals surface area contributed by atoms with Gasteiger partial charge in [-0.15, -0.1) is 0 Å². The Morgan fingerprint density at radius 1 is 1.21 bits per heavy atom. The van der Waals surface area contributed by atoms with E-state index in [-0.39, 0.29) is 30.2 Å². The van der Waals surface area contributed by atoms with Crippen molar-refractivity contribution in [3.63, 3.8) is 0 Å². The number of pyridine rings is 1.